The van der Waals surface area contributed by atoms with Gasteiger partial charge in [-0.3, -0.25) is 9.69 Å². The Hall–Kier alpha value is -1.55. The lowest BCUT2D eigenvalue weighted by molar-refractivity contribution is -0.0740. The molecule has 0 N–H and O–H groups in total. The summed E-state index contributed by atoms with van der Waals surface area (Å²) in [5.74, 6) is 5.51. The van der Waals surface area contributed by atoms with E-state index in [2.05, 4.69) is 4.90 Å². The minimum atomic E-state index is 0.115. The largest absolute Gasteiger partial charge is 0.493 e. The minimum absolute atomic E-state index is 0.115. The lowest BCUT2D eigenvalue weighted by Crippen LogP contribution is -2.58. The number of hydrogen-bond acceptors (Lipinski definition) is 4. The van der Waals surface area contributed by atoms with E-state index < -0.39 is 0 Å². The second-order valence-electron chi connectivity index (χ2n) is 9.69. The van der Waals surface area contributed by atoms with Crippen LogP contribution in [0.25, 0.3) is 0 Å². The number of ketones is 1. The van der Waals surface area contributed by atoms with Crippen molar-refractivity contribution in [2.75, 3.05) is 27.3 Å². The molecule has 1 aliphatic heterocycles. The Labute approximate surface area is 168 Å². The Morgan fingerprint density at radius 3 is 2.29 bits per heavy atom. The molecule has 1 aromatic rings. The van der Waals surface area contributed by atoms with Crippen molar-refractivity contribution in [3.05, 3.63) is 23.8 Å². The SMILES string of the molecule is COc1ccc(C(=O)C2CCCN(C3C4CC5CC(C4)CC3C5)C2)cc1OC. The molecule has 0 amide bonds. The van der Waals surface area contributed by atoms with Crippen molar-refractivity contribution in [1.29, 1.82) is 0 Å². The van der Waals surface area contributed by atoms with Crippen LogP contribution in [-0.4, -0.2) is 44.0 Å². The number of hydrogen-bond donors (Lipinski definition) is 0. The van der Waals surface area contributed by atoms with Crippen LogP contribution in [0.15, 0.2) is 18.2 Å². The molecule has 1 saturated heterocycles. The Morgan fingerprint density at radius 1 is 0.964 bits per heavy atom. The maximum Gasteiger partial charge on any atom is 0.167 e. The first-order chi connectivity index (χ1) is 13.7. The number of carbonyl (C=O) groups excluding carboxylic acids is 1. The third-order valence-electron chi connectivity index (χ3n) is 8.09. The highest BCUT2D eigenvalue weighted by Crippen LogP contribution is 2.55. The summed E-state index contributed by atoms with van der Waals surface area (Å²) in [5.41, 5.74) is 0.759. The van der Waals surface area contributed by atoms with E-state index in [0.29, 0.717) is 11.5 Å². The molecule has 0 aromatic heterocycles. The number of Topliss-reactive ketones (excluding diaryl/α,β-unsaturated/α-hetero) is 1. The number of likely N-dealkylation sites (tertiary alicyclic amines) is 1. The molecule has 0 spiro atoms. The monoisotopic (exact) mass is 383 g/mol. The standard InChI is InChI=1S/C24H33NO3/c1-27-21-6-5-17(13-22(21)28-2)24(26)18-4-3-7-25(14-18)23-19-9-15-8-16(11-19)12-20(23)10-15/h5-6,13,15-16,18-20,23H,3-4,7-12,14H2,1-2H3. The molecule has 0 radical (unpaired) electrons. The quantitative estimate of drug-likeness (QED) is 0.706. The average Bonchev–Trinajstić information content (AvgIpc) is 2.72. The van der Waals surface area contributed by atoms with Crippen molar-refractivity contribution in [2.45, 2.75) is 51.0 Å². The van der Waals surface area contributed by atoms with Crippen LogP contribution in [0.4, 0.5) is 0 Å². The smallest absolute Gasteiger partial charge is 0.167 e. The van der Waals surface area contributed by atoms with Gasteiger partial charge in [0.25, 0.3) is 0 Å². The van der Waals surface area contributed by atoms with Gasteiger partial charge in [-0.05, 0) is 93.4 Å². The van der Waals surface area contributed by atoms with Crippen molar-refractivity contribution in [3.63, 3.8) is 0 Å². The van der Waals surface area contributed by atoms with Gasteiger partial charge in [-0.25, -0.2) is 0 Å². The first-order valence-electron chi connectivity index (χ1n) is 11.2. The van der Waals surface area contributed by atoms with Crippen LogP contribution >= 0.6 is 0 Å². The zero-order chi connectivity index (χ0) is 19.3. The Bertz CT molecular complexity index is 717. The molecule has 4 heteroatoms. The van der Waals surface area contributed by atoms with Crippen molar-refractivity contribution in [1.82, 2.24) is 4.90 Å². The molecule has 1 aromatic carbocycles. The van der Waals surface area contributed by atoms with E-state index in [1.807, 2.05) is 18.2 Å². The molecule has 1 unspecified atom stereocenters. The molecule has 28 heavy (non-hydrogen) atoms. The van der Waals surface area contributed by atoms with Crippen LogP contribution in [0.3, 0.4) is 0 Å². The summed E-state index contributed by atoms with van der Waals surface area (Å²) < 4.78 is 10.7. The van der Waals surface area contributed by atoms with Gasteiger partial charge in [-0.2, -0.15) is 0 Å². The fourth-order valence-electron chi connectivity index (χ4n) is 7.21. The second kappa shape index (κ2) is 7.37. The van der Waals surface area contributed by atoms with Crippen molar-refractivity contribution in [2.24, 2.45) is 29.6 Å². The van der Waals surface area contributed by atoms with E-state index in [1.165, 1.54) is 38.6 Å². The molecule has 4 aliphatic carbocycles. The third-order valence-corrected chi connectivity index (χ3v) is 8.09. The molecule has 5 aliphatic rings. The van der Waals surface area contributed by atoms with Crippen molar-refractivity contribution >= 4 is 5.78 Å². The molecular formula is C24H33NO3. The van der Waals surface area contributed by atoms with Crippen molar-refractivity contribution in [3.8, 4) is 11.5 Å². The highest BCUT2D eigenvalue weighted by Gasteiger charge is 2.50. The first kappa shape index (κ1) is 18.5. The van der Waals surface area contributed by atoms with Gasteiger partial charge in [0, 0.05) is 24.1 Å². The van der Waals surface area contributed by atoms with Crippen LogP contribution in [0, 0.1) is 29.6 Å². The zero-order valence-corrected chi connectivity index (χ0v) is 17.2. The lowest BCUT2D eigenvalue weighted by Gasteiger charge is -2.58. The minimum Gasteiger partial charge on any atom is -0.493 e. The van der Waals surface area contributed by atoms with Gasteiger partial charge in [0.15, 0.2) is 17.3 Å². The summed E-state index contributed by atoms with van der Waals surface area (Å²) in [4.78, 5) is 16.0. The summed E-state index contributed by atoms with van der Waals surface area (Å²) >= 11 is 0. The molecule has 4 bridgehead atoms. The van der Waals surface area contributed by atoms with Crippen LogP contribution in [0.2, 0.25) is 0 Å². The first-order valence-corrected chi connectivity index (χ1v) is 11.2. The van der Waals surface area contributed by atoms with Gasteiger partial charge in [0.05, 0.1) is 14.2 Å². The number of nitrogens with zero attached hydrogens (tertiary/aromatic N) is 1. The van der Waals surface area contributed by atoms with Crippen LogP contribution in [0.1, 0.15) is 55.3 Å². The Morgan fingerprint density at radius 2 is 1.64 bits per heavy atom. The topological polar surface area (TPSA) is 38.8 Å². The van der Waals surface area contributed by atoms with Gasteiger partial charge >= 0.3 is 0 Å². The third kappa shape index (κ3) is 3.14. The lowest BCUT2D eigenvalue weighted by atomic mass is 9.53. The van der Waals surface area contributed by atoms with Gasteiger partial charge < -0.3 is 9.47 Å². The van der Waals surface area contributed by atoms with Gasteiger partial charge in [0.2, 0.25) is 0 Å². The normalized spacial score (nSPS) is 37.1. The molecule has 4 nitrogen and oxygen atoms in total. The fraction of sp³-hybridized carbons (Fsp3) is 0.708. The summed E-state index contributed by atoms with van der Waals surface area (Å²) in [7, 11) is 3.25. The number of rotatable bonds is 5. The maximum atomic E-state index is 13.3. The molecule has 6 rings (SSSR count). The van der Waals surface area contributed by atoms with Gasteiger partial charge in [0.1, 0.15) is 0 Å². The molecule has 1 heterocycles. The summed E-state index contributed by atoms with van der Waals surface area (Å²) in [6.45, 7) is 2.13. The van der Waals surface area contributed by atoms with Gasteiger partial charge in [-0.15, -0.1) is 0 Å². The van der Waals surface area contributed by atoms with Crippen molar-refractivity contribution < 1.29 is 14.3 Å². The predicted octanol–water partition coefficient (Wildman–Crippen LogP) is 4.42. The van der Waals surface area contributed by atoms with E-state index in [1.54, 1.807) is 14.2 Å². The number of ether oxygens (including phenoxy) is 2. The van der Waals surface area contributed by atoms with Gasteiger partial charge in [-0.1, -0.05) is 0 Å². The molecule has 5 fully saturated rings. The Balaban J connectivity index is 1.31. The average molecular weight is 384 g/mol. The molecule has 152 valence electrons. The maximum absolute atomic E-state index is 13.3. The van der Waals surface area contributed by atoms with E-state index >= 15 is 0 Å². The molecule has 1 atom stereocenters. The molecule has 4 saturated carbocycles. The van der Waals surface area contributed by atoms with Crippen LogP contribution in [0.5, 0.6) is 11.5 Å². The second-order valence-corrected chi connectivity index (χ2v) is 9.69. The Kier molecular flexibility index (Phi) is 4.86. The number of carbonyl (C=O) groups is 1. The fourth-order valence-corrected chi connectivity index (χ4v) is 7.21. The van der Waals surface area contributed by atoms with E-state index in [9.17, 15) is 4.79 Å². The van der Waals surface area contributed by atoms with E-state index in [-0.39, 0.29) is 11.7 Å². The number of benzene rings is 1. The van der Waals surface area contributed by atoms with E-state index in [0.717, 1.165) is 54.7 Å². The number of piperidine rings is 1. The predicted molar refractivity (Wildman–Crippen MR) is 109 cm³/mol. The number of methoxy groups -OCH3 is 2. The summed E-state index contributed by atoms with van der Waals surface area (Å²) in [5, 5.41) is 0. The highest BCUT2D eigenvalue weighted by molar-refractivity contribution is 5.98. The molecular weight excluding hydrogens is 350 g/mol. The van der Waals surface area contributed by atoms with Crippen LogP contribution in [-0.2, 0) is 0 Å². The summed E-state index contributed by atoms with van der Waals surface area (Å²) in [6, 6.07) is 6.34. The zero-order valence-electron chi connectivity index (χ0n) is 17.2. The summed E-state index contributed by atoms with van der Waals surface area (Å²) in [6.07, 6.45) is 9.44. The highest BCUT2D eigenvalue weighted by atomic mass is 16.5. The van der Waals surface area contributed by atoms with E-state index in [4.69, 9.17) is 9.47 Å². The van der Waals surface area contributed by atoms with Crippen LogP contribution < -0.4 is 9.47 Å².